The molecule has 6 heteroatoms. The van der Waals surface area contributed by atoms with Gasteiger partial charge in [-0.15, -0.1) is 0 Å². The molecule has 124 valence electrons. The summed E-state index contributed by atoms with van der Waals surface area (Å²) < 4.78 is 48.2. The van der Waals surface area contributed by atoms with Crippen LogP contribution < -0.4 is 0 Å². The van der Waals surface area contributed by atoms with Gasteiger partial charge in [0.05, 0.1) is 23.0 Å². The molecule has 0 aliphatic carbocycles. The summed E-state index contributed by atoms with van der Waals surface area (Å²) in [5.41, 5.74) is 1.44. The minimum absolute atomic E-state index is 0.0490. The van der Waals surface area contributed by atoms with Crippen molar-refractivity contribution in [2.24, 2.45) is 0 Å². The molecule has 0 saturated heterocycles. The van der Waals surface area contributed by atoms with Crippen molar-refractivity contribution in [2.75, 3.05) is 11.5 Å². The monoisotopic (exact) mass is 352 g/mol. The Hall–Kier alpha value is -1.66. The first-order valence-corrected chi connectivity index (χ1v) is 11.0. The summed E-state index contributed by atoms with van der Waals surface area (Å²) in [5.74, 6) is -0.328. The number of rotatable bonds is 8. The standard InChI is InChI=1S/C17H20O4S2/c18-22(19,14-16-8-3-1-4-9-16)12-7-13-23(20,21)15-17-10-5-2-6-11-17/h1-6,8-11H,7,12-15H2. The van der Waals surface area contributed by atoms with Crippen molar-refractivity contribution in [2.45, 2.75) is 17.9 Å². The van der Waals surface area contributed by atoms with E-state index in [4.69, 9.17) is 0 Å². The van der Waals surface area contributed by atoms with Crippen molar-refractivity contribution >= 4 is 19.7 Å². The maximum Gasteiger partial charge on any atom is 0.154 e. The summed E-state index contributed by atoms with van der Waals surface area (Å²) in [6.07, 6.45) is 0.129. The molecule has 0 spiro atoms. The molecule has 2 rings (SSSR count). The van der Waals surface area contributed by atoms with Crippen LogP contribution in [0.4, 0.5) is 0 Å². The van der Waals surface area contributed by atoms with Crippen LogP contribution >= 0.6 is 0 Å². The van der Waals surface area contributed by atoms with Crippen LogP contribution in [0, 0.1) is 0 Å². The Bertz CT molecular complexity index is 740. The fourth-order valence-corrected chi connectivity index (χ4v) is 5.34. The highest BCUT2D eigenvalue weighted by atomic mass is 32.2. The highest BCUT2D eigenvalue weighted by molar-refractivity contribution is 7.91. The van der Waals surface area contributed by atoms with Crippen LogP contribution in [0.15, 0.2) is 60.7 Å². The molecule has 0 aromatic heterocycles. The number of hydrogen-bond acceptors (Lipinski definition) is 4. The van der Waals surface area contributed by atoms with Gasteiger partial charge in [-0.05, 0) is 17.5 Å². The lowest BCUT2D eigenvalue weighted by atomic mass is 10.2. The Morgan fingerprint density at radius 2 is 0.913 bits per heavy atom. The quantitative estimate of drug-likeness (QED) is 0.732. The molecule has 0 unspecified atom stereocenters. The van der Waals surface area contributed by atoms with Crippen molar-refractivity contribution in [3.63, 3.8) is 0 Å². The highest BCUT2D eigenvalue weighted by Gasteiger charge is 2.16. The summed E-state index contributed by atoms with van der Waals surface area (Å²) in [6.45, 7) is 0. The summed E-state index contributed by atoms with van der Waals surface area (Å²) in [5, 5.41) is 0. The predicted molar refractivity (Wildman–Crippen MR) is 92.5 cm³/mol. The van der Waals surface area contributed by atoms with E-state index in [0.29, 0.717) is 0 Å². The van der Waals surface area contributed by atoms with E-state index in [2.05, 4.69) is 0 Å². The lowest BCUT2D eigenvalue weighted by Gasteiger charge is -2.06. The lowest BCUT2D eigenvalue weighted by molar-refractivity contribution is 0.589. The van der Waals surface area contributed by atoms with Gasteiger partial charge in [0, 0.05) is 0 Å². The molecule has 0 aliphatic heterocycles. The summed E-state index contributed by atoms with van der Waals surface area (Å²) in [6, 6.07) is 17.8. The van der Waals surface area contributed by atoms with Crippen LogP contribution in [0.5, 0.6) is 0 Å². The van der Waals surface area contributed by atoms with E-state index in [1.807, 2.05) is 12.1 Å². The number of benzene rings is 2. The molecule has 0 saturated carbocycles. The fourth-order valence-electron chi connectivity index (χ4n) is 2.30. The SMILES string of the molecule is O=S(=O)(CCCS(=O)(=O)Cc1ccccc1)Cc1ccccc1. The van der Waals surface area contributed by atoms with Crippen LogP contribution in [0.25, 0.3) is 0 Å². The zero-order valence-electron chi connectivity index (χ0n) is 12.8. The van der Waals surface area contributed by atoms with Crippen molar-refractivity contribution in [1.82, 2.24) is 0 Å². The van der Waals surface area contributed by atoms with Crippen LogP contribution in [0.3, 0.4) is 0 Å². The van der Waals surface area contributed by atoms with E-state index in [9.17, 15) is 16.8 Å². The van der Waals surface area contributed by atoms with Gasteiger partial charge >= 0.3 is 0 Å². The third kappa shape index (κ3) is 6.54. The molecule has 4 nitrogen and oxygen atoms in total. The maximum absolute atomic E-state index is 12.0. The Kier molecular flexibility index (Phi) is 5.96. The Morgan fingerprint density at radius 3 is 1.26 bits per heavy atom. The third-order valence-electron chi connectivity index (χ3n) is 3.37. The molecule has 0 aliphatic rings. The maximum atomic E-state index is 12.0. The van der Waals surface area contributed by atoms with Crippen molar-refractivity contribution in [3.05, 3.63) is 71.8 Å². The Morgan fingerprint density at radius 1 is 0.565 bits per heavy atom. The van der Waals surface area contributed by atoms with Gasteiger partial charge < -0.3 is 0 Å². The van der Waals surface area contributed by atoms with Crippen LogP contribution in [-0.2, 0) is 31.2 Å². The van der Waals surface area contributed by atoms with Gasteiger partial charge in [-0.1, -0.05) is 60.7 Å². The zero-order chi connectivity index (χ0) is 16.8. The Balaban J connectivity index is 1.86. The van der Waals surface area contributed by atoms with E-state index in [1.54, 1.807) is 48.5 Å². The third-order valence-corrected chi connectivity index (χ3v) is 6.74. The van der Waals surface area contributed by atoms with Crippen LogP contribution in [-0.4, -0.2) is 28.3 Å². The van der Waals surface area contributed by atoms with Gasteiger partial charge in [0.1, 0.15) is 0 Å². The van der Waals surface area contributed by atoms with Gasteiger partial charge in [0.2, 0.25) is 0 Å². The van der Waals surface area contributed by atoms with Crippen molar-refractivity contribution in [3.8, 4) is 0 Å². The average Bonchev–Trinajstić information content (AvgIpc) is 2.47. The molecule has 0 fully saturated rings. The normalized spacial score (nSPS) is 12.2. The van der Waals surface area contributed by atoms with E-state index < -0.39 is 19.7 Å². The summed E-state index contributed by atoms with van der Waals surface area (Å²) in [4.78, 5) is 0. The molecule has 2 aromatic carbocycles. The van der Waals surface area contributed by atoms with Crippen LogP contribution in [0.1, 0.15) is 17.5 Å². The number of hydrogen-bond donors (Lipinski definition) is 0. The molecule has 23 heavy (non-hydrogen) atoms. The topological polar surface area (TPSA) is 68.3 Å². The highest BCUT2D eigenvalue weighted by Crippen LogP contribution is 2.10. The zero-order valence-corrected chi connectivity index (χ0v) is 14.4. The lowest BCUT2D eigenvalue weighted by Crippen LogP contribution is -2.15. The number of sulfone groups is 2. The summed E-state index contributed by atoms with van der Waals surface area (Å²) in [7, 11) is -6.59. The van der Waals surface area contributed by atoms with Gasteiger partial charge in [-0.25, -0.2) is 16.8 Å². The van der Waals surface area contributed by atoms with Crippen LogP contribution in [0.2, 0.25) is 0 Å². The molecule has 0 bridgehead atoms. The van der Waals surface area contributed by atoms with Crippen molar-refractivity contribution in [1.29, 1.82) is 0 Å². The minimum Gasteiger partial charge on any atom is -0.228 e. The second kappa shape index (κ2) is 7.75. The van der Waals surface area contributed by atoms with E-state index >= 15 is 0 Å². The molecule has 0 atom stereocenters. The second-order valence-electron chi connectivity index (χ2n) is 5.51. The first kappa shape index (κ1) is 17.7. The van der Waals surface area contributed by atoms with E-state index in [1.165, 1.54) is 0 Å². The molecule has 0 N–H and O–H groups in total. The van der Waals surface area contributed by atoms with Gasteiger partial charge in [-0.3, -0.25) is 0 Å². The average molecular weight is 352 g/mol. The van der Waals surface area contributed by atoms with E-state index in [-0.39, 0.29) is 29.4 Å². The predicted octanol–water partition coefficient (Wildman–Crippen LogP) is 2.61. The van der Waals surface area contributed by atoms with Gasteiger partial charge in [0.25, 0.3) is 0 Å². The smallest absolute Gasteiger partial charge is 0.154 e. The molecule has 0 amide bonds. The van der Waals surface area contributed by atoms with Crippen molar-refractivity contribution < 1.29 is 16.8 Å². The molecule has 0 heterocycles. The molecular weight excluding hydrogens is 332 g/mol. The van der Waals surface area contributed by atoms with Gasteiger partial charge in [-0.2, -0.15) is 0 Å². The molecular formula is C17H20O4S2. The summed E-state index contributed by atoms with van der Waals surface area (Å²) >= 11 is 0. The van der Waals surface area contributed by atoms with E-state index in [0.717, 1.165) is 11.1 Å². The largest absolute Gasteiger partial charge is 0.228 e. The Labute approximate surface area is 138 Å². The molecule has 2 aromatic rings. The minimum atomic E-state index is -3.29. The molecule has 0 radical (unpaired) electrons. The van der Waals surface area contributed by atoms with Gasteiger partial charge in [0.15, 0.2) is 19.7 Å². The second-order valence-corrected chi connectivity index (χ2v) is 9.88. The fraction of sp³-hybridized carbons (Fsp3) is 0.294. The first-order chi connectivity index (χ1) is 10.9. The first-order valence-electron chi connectivity index (χ1n) is 7.35.